The van der Waals surface area contributed by atoms with Crippen molar-refractivity contribution in [1.29, 1.82) is 5.26 Å². The van der Waals surface area contributed by atoms with E-state index in [9.17, 15) is 14.9 Å². The first kappa shape index (κ1) is 17.7. The number of halogens is 1. The third kappa shape index (κ3) is 3.45. The molecule has 0 unspecified atom stereocenters. The maximum Gasteiger partial charge on any atom is 0.277 e. The lowest BCUT2D eigenvalue weighted by Gasteiger charge is -2.14. The Hall–Kier alpha value is -3.14. The minimum atomic E-state index is -0.533. The molecule has 2 aromatic rings. The number of carbonyl (C=O) groups excluding carboxylic acids is 2. The van der Waals surface area contributed by atoms with Crippen molar-refractivity contribution in [1.82, 2.24) is 4.90 Å². The smallest absolute Gasteiger partial charge is 0.277 e. The molecular weight excluding hydrogens is 354 g/mol. The molecule has 2 aromatic carbocycles. The Morgan fingerprint density at radius 1 is 1.12 bits per heavy atom. The van der Waals surface area contributed by atoms with Gasteiger partial charge in [-0.25, -0.2) is 0 Å². The topological polar surface area (TPSA) is 93.4 Å². The Balaban J connectivity index is 1.87. The number of rotatable bonds is 5. The molecule has 0 atom stereocenters. The molecule has 1 aliphatic rings. The maximum atomic E-state index is 12.2. The molecule has 26 heavy (non-hydrogen) atoms. The van der Waals surface area contributed by atoms with E-state index in [0.29, 0.717) is 16.3 Å². The van der Waals surface area contributed by atoms with Crippen LogP contribution in [-0.4, -0.2) is 35.0 Å². The maximum absolute atomic E-state index is 12.2. The van der Waals surface area contributed by atoms with E-state index in [-0.39, 0.29) is 18.8 Å². The van der Waals surface area contributed by atoms with E-state index in [1.807, 2.05) is 12.1 Å². The molecule has 0 spiro atoms. The number of aliphatic hydroxyl groups is 1. The number of aliphatic hydroxyl groups excluding tert-OH is 1. The quantitative estimate of drug-likeness (QED) is 0.792. The summed E-state index contributed by atoms with van der Waals surface area (Å²) in [5.74, 6) is -1.03. The van der Waals surface area contributed by atoms with Gasteiger partial charge in [0.05, 0.1) is 24.4 Å². The van der Waals surface area contributed by atoms with Crippen LogP contribution in [0, 0.1) is 11.3 Å². The lowest BCUT2D eigenvalue weighted by Crippen LogP contribution is -2.34. The van der Waals surface area contributed by atoms with Crippen LogP contribution < -0.4 is 5.32 Å². The third-order valence-electron chi connectivity index (χ3n) is 3.92. The van der Waals surface area contributed by atoms with Crippen molar-refractivity contribution in [2.75, 3.05) is 18.5 Å². The van der Waals surface area contributed by atoms with Gasteiger partial charge in [-0.1, -0.05) is 29.8 Å². The standard InChI is InChI=1S/C19H14ClN3O3/c20-15-4-1-12(2-5-15)13-3-6-16(14(9-13)11-21)22-17-10-18(25)23(7-8-24)19(17)26/h1-6,9-10,22,24H,7-8H2. The highest BCUT2D eigenvalue weighted by Crippen LogP contribution is 2.27. The minimum Gasteiger partial charge on any atom is -0.395 e. The van der Waals surface area contributed by atoms with Crippen molar-refractivity contribution < 1.29 is 14.7 Å². The summed E-state index contributed by atoms with van der Waals surface area (Å²) < 4.78 is 0. The summed E-state index contributed by atoms with van der Waals surface area (Å²) >= 11 is 5.89. The van der Waals surface area contributed by atoms with Gasteiger partial charge < -0.3 is 10.4 Å². The van der Waals surface area contributed by atoms with E-state index in [0.717, 1.165) is 22.1 Å². The Bertz CT molecular complexity index is 945. The van der Waals surface area contributed by atoms with Gasteiger partial charge in [0, 0.05) is 11.1 Å². The Kier molecular flexibility index (Phi) is 5.03. The zero-order valence-electron chi connectivity index (χ0n) is 13.6. The van der Waals surface area contributed by atoms with E-state index in [1.54, 1.807) is 30.3 Å². The SMILES string of the molecule is N#Cc1cc(-c2ccc(Cl)cc2)ccc1NC1=CC(=O)N(CCO)C1=O. The van der Waals surface area contributed by atoms with Gasteiger partial charge in [-0.15, -0.1) is 0 Å². The van der Waals surface area contributed by atoms with E-state index in [2.05, 4.69) is 11.4 Å². The molecule has 3 rings (SSSR count). The summed E-state index contributed by atoms with van der Waals surface area (Å²) in [7, 11) is 0. The van der Waals surface area contributed by atoms with Crippen LogP contribution in [0.15, 0.2) is 54.2 Å². The molecule has 1 aliphatic heterocycles. The molecule has 1 heterocycles. The van der Waals surface area contributed by atoms with E-state index in [4.69, 9.17) is 16.7 Å². The normalized spacial score (nSPS) is 13.6. The van der Waals surface area contributed by atoms with Crippen molar-refractivity contribution in [3.05, 3.63) is 64.8 Å². The number of hydrogen-bond donors (Lipinski definition) is 2. The van der Waals surface area contributed by atoms with E-state index >= 15 is 0 Å². The van der Waals surface area contributed by atoms with E-state index < -0.39 is 11.8 Å². The van der Waals surface area contributed by atoms with Crippen LogP contribution in [0.1, 0.15) is 5.56 Å². The largest absolute Gasteiger partial charge is 0.395 e. The minimum absolute atomic E-state index is 0.0687. The van der Waals surface area contributed by atoms with Gasteiger partial charge in [0.2, 0.25) is 0 Å². The third-order valence-corrected chi connectivity index (χ3v) is 4.17. The highest BCUT2D eigenvalue weighted by Gasteiger charge is 2.30. The number of nitrogens with one attached hydrogen (secondary N) is 1. The highest BCUT2D eigenvalue weighted by atomic mass is 35.5. The second-order valence-electron chi connectivity index (χ2n) is 5.58. The molecule has 0 radical (unpaired) electrons. The number of amides is 2. The number of benzene rings is 2. The molecule has 0 saturated heterocycles. The van der Waals surface area contributed by atoms with Crippen molar-refractivity contribution in [2.45, 2.75) is 0 Å². The number of carbonyl (C=O) groups is 2. The van der Waals surface area contributed by atoms with E-state index in [1.165, 1.54) is 0 Å². The van der Waals surface area contributed by atoms with Gasteiger partial charge in [-0.3, -0.25) is 14.5 Å². The molecule has 0 aromatic heterocycles. The van der Waals surface area contributed by atoms with Crippen LogP contribution in [0.25, 0.3) is 11.1 Å². The van der Waals surface area contributed by atoms with Gasteiger partial charge in [-0.05, 0) is 35.4 Å². The molecule has 0 saturated carbocycles. The molecule has 2 N–H and O–H groups in total. The summed E-state index contributed by atoms with van der Waals surface area (Å²) in [6.45, 7) is -0.377. The van der Waals surface area contributed by atoms with Gasteiger partial charge >= 0.3 is 0 Å². The molecule has 0 aliphatic carbocycles. The number of anilines is 1. The zero-order chi connectivity index (χ0) is 18.7. The van der Waals surface area contributed by atoms with Crippen LogP contribution in [0.3, 0.4) is 0 Å². The summed E-state index contributed by atoms with van der Waals surface area (Å²) in [4.78, 5) is 24.9. The number of hydrogen-bond acceptors (Lipinski definition) is 5. The molecule has 2 amide bonds. The fraction of sp³-hybridized carbons (Fsp3) is 0.105. The summed E-state index contributed by atoms with van der Waals surface area (Å²) in [5, 5.41) is 21.8. The number of β-amino-alcohol motifs (C(OH)–C–C–N with tert-alkyl or cyclic N) is 1. The fourth-order valence-corrected chi connectivity index (χ4v) is 2.75. The Morgan fingerprint density at radius 2 is 1.81 bits per heavy atom. The first-order valence-corrected chi connectivity index (χ1v) is 8.17. The highest BCUT2D eigenvalue weighted by molar-refractivity contribution is 6.30. The average molecular weight is 368 g/mol. The second-order valence-corrected chi connectivity index (χ2v) is 6.02. The molecular formula is C19H14ClN3O3. The first-order chi connectivity index (χ1) is 12.5. The van der Waals surface area contributed by atoms with Crippen LogP contribution in [-0.2, 0) is 9.59 Å². The van der Waals surface area contributed by atoms with Crippen LogP contribution in [0.2, 0.25) is 5.02 Å². The van der Waals surface area contributed by atoms with Crippen molar-refractivity contribution in [2.24, 2.45) is 0 Å². The molecule has 6 nitrogen and oxygen atoms in total. The van der Waals surface area contributed by atoms with Gasteiger partial charge in [0.25, 0.3) is 11.8 Å². The van der Waals surface area contributed by atoms with Crippen LogP contribution >= 0.6 is 11.6 Å². The summed E-state index contributed by atoms with van der Waals surface area (Å²) in [6, 6.07) is 14.5. The number of nitrogens with zero attached hydrogens (tertiary/aromatic N) is 2. The van der Waals surface area contributed by atoms with Crippen molar-refractivity contribution in [3.63, 3.8) is 0 Å². The average Bonchev–Trinajstić information content (AvgIpc) is 2.90. The van der Waals surface area contributed by atoms with Crippen LogP contribution in [0.5, 0.6) is 0 Å². The van der Waals surface area contributed by atoms with Gasteiger partial charge in [0.1, 0.15) is 11.8 Å². The second kappa shape index (κ2) is 7.40. The van der Waals surface area contributed by atoms with Crippen LogP contribution in [0.4, 0.5) is 5.69 Å². The van der Waals surface area contributed by atoms with Crippen molar-refractivity contribution >= 4 is 29.1 Å². The lowest BCUT2D eigenvalue weighted by molar-refractivity contribution is -0.137. The number of nitriles is 1. The predicted molar refractivity (Wildman–Crippen MR) is 97.1 cm³/mol. The lowest BCUT2D eigenvalue weighted by atomic mass is 10.0. The molecule has 0 bridgehead atoms. The number of imide groups is 1. The molecule has 130 valence electrons. The Morgan fingerprint density at radius 3 is 2.46 bits per heavy atom. The monoisotopic (exact) mass is 367 g/mol. The zero-order valence-corrected chi connectivity index (χ0v) is 14.3. The summed E-state index contributed by atoms with van der Waals surface area (Å²) in [5.41, 5.74) is 2.55. The fourth-order valence-electron chi connectivity index (χ4n) is 2.62. The van der Waals surface area contributed by atoms with Crippen molar-refractivity contribution in [3.8, 4) is 17.2 Å². The molecule has 7 heteroatoms. The summed E-state index contributed by atoms with van der Waals surface area (Å²) in [6.07, 6.45) is 1.16. The Labute approximate surface area is 154 Å². The first-order valence-electron chi connectivity index (χ1n) is 7.79. The molecule has 0 fully saturated rings. The predicted octanol–water partition coefficient (Wildman–Crippen LogP) is 2.54. The van der Waals surface area contributed by atoms with Gasteiger partial charge in [0.15, 0.2) is 0 Å². The van der Waals surface area contributed by atoms with Gasteiger partial charge in [-0.2, -0.15) is 5.26 Å².